The van der Waals surface area contributed by atoms with Crippen molar-refractivity contribution in [3.8, 4) is 11.1 Å². The van der Waals surface area contributed by atoms with Crippen LogP contribution >= 0.6 is 0 Å². The average Bonchev–Trinajstić information content (AvgIpc) is 3.62. The van der Waals surface area contributed by atoms with Crippen molar-refractivity contribution in [2.24, 2.45) is 5.41 Å². The molecule has 2 N–H and O–H groups in total. The summed E-state index contributed by atoms with van der Waals surface area (Å²) in [5.74, 6) is -1.57. The third-order valence-corrected chi connectivity index (χ3v) is 8.54. The van der Waals surface area contributed by atoms with Gasteiger partial charge in [-0.3, -0.25) is 4.79 Å². The number of carbonyl (C=O) groups is 1. The van der Waals surface area contributed by atoms with Crippen LogP contribution in [0.25, 0.3) is 11.1 Å². The molecular weight excluding hydrogens is 493 g/mol. The molecule has 2 aromatic carbocycles. The SMILES string of the molecule is CC[C@@](C)(O)C(=O)N1CC2(CC2)[C@H](NS(=O)(=O)CF)C[C@@H]1Cc1cccc(-c2cccc(F)c2)c1F. The lowest BCUT2D eigenvalue weighted by Gasteiger charge is -2.47. The maximum atomic E-state index is 15.6. The zero-order valence-corrected chi connectivity index (χ0v) is 21.1. The molecule has 10 heteroatoms. The van der Waals surface area contributed by atoms with E-state index in [0.29, 0.717) is 18.4 Å². The predicted molar refractivity (Wildman–Crippen MR) is 130 cm³/mol. The lowest BCUT2D eigenvalue weighted by Crippen LogP contribution is -2.61. The van der Waals surface area contributed by atoms with Crippen LogP contribution in [0.5, 0.6) is 0 Å². The number of sulfonamides is 1. The van der Waals surface area contributed by atoms with Crippen LogP contribution in [0.15, 0.2) is 42.5 Å². The number of hydrogen-bond acceptors (Lipinski definition) is 4. The Kier molecular flexibility index (Phi) is 7.24. The quantitative estimate of drug-likeness (QED) is 0.548. The molecule has 4 rings (SSSR count). The second kappa shape index (κ2) is 9.79. The van der Waals surface area contributed by atoms with Gasteiger partial charge in [0.1, 0.15) is 17.2 Å². The Hall–Kier alpha value is -2.43. The van der Waals surface area contributed by atoms with Gasteiger partial charge in [-0.15, -0.1) is 0 Å². The first-order chi connectivity index (χ1) is 16.9. The molecule has 0 radical (unpaired) electrons. The minimum absolute atomic E-state index is 0.0461. The number of piperidine rings is 1. The Labute approximate surface area is 209 Å². The van der Waals surface area contributed by atoms with Crippen LogP contribution < -0.4 is 4.72 Å². The number of alkyl halides is 1. The highest BCUT2D eigenvalue weighted by Crippen LogP contribution is 2.54. The third kappa shape index (κ3) is 5.31. The molecule has 1 saturated heterocycles. The minimum Gasteiger partial charge on any atom is -0.380 e. The van der Waals surface area contributed by atoms with E-state index in [4.69, 9.17) is 0 Å². The van der Waals surface area contributed by atoms with Crippen LogP contribution in [0.2, 0.25) is 0 Å². The molecule has 2 fully saturated rings. The van der Waals surface area contributed by atoms with Gasteiger partial charge in [-0.2, -0.15) is 0 Å². The molecule has 1 heterocycles. The van der Waals surface area contributed by atoms with Crippen LogP contribution in [0.3, 0.4) is 0 Å². The van der Waals surface area contributed by atoms with E-state index in [9.17, 15) is 27.1 Å². The molecular formula is C26H31F3N2O4S. The van der Waals surface area contributed by atoms with Gasteiger partial charge in [0, 0.05) is 29.6 Å². The van der Waals surface area contributed by atoms with Gasteiger partial charge in [-0.1, -0.05) is 37.3 Å². The van der Waals surface area contributed by atoms with Gasteiger partial charge in [0.05, 0.1) is 0 Å². The Bertz CT molecular complexity index is 1250. The van der Waals surface area contributed by atoms with Gasteiger partial charge >= 0.3 is 0 Å². The van der Waals surface area contributed by atoms with Gasteiger partial charge in [-0.25, -0.2) is 26.3 Å². The molecule has 1 amide bonds. The Balaban J connectivity index is 1.69. The van der Waals surface area contributed by atoms with E-state index in [1.54, 1.807) is 25.1 Å². The molecule has 36 heavy (non-hydrogen) atoms. The highest BCUT2D eigenvalue weighted by Gasteiger charge is 2.57. The van der Waals surface area contributed by atoms with Crippen molar-refractivity contribution in [3.05, 3.63) is 59.7 Å². The lowest BCUT2D eigenvalue weighted by atomic mass is 9.81. The molecule has 1 aliphatic carbocycles. The number of likely N-dealkylation sites (tertiary alicyclic amines) is 1. The zero-order valence-electron chi connectivity index (χ0n) is 20.3. The Morgan fingerprint density at radius 3 is 2.53 bits per heavy atom. The predicted octanol–water partition coefficient (Wildman–Crippen LogP) is 3.93. The van der Waals surface area contributed by atoms with Gasteiger partial charge in [0.15, 0.2) is 0 Å². The van der Waals surface area contributed by atoms with E-state index in [2.05, 4.69) is 4.72 Å². The first kappa shape index (κ1) is 26.6. The van der Waals surface area contributed by atoms with E-state index < -0.39 is 56.7 Å². The summed E-state index contributed by atoms with van der Waals surface area (Å²) in [6, 6.07) is 7.51. The minimum atomic E-state index is -4.15. The number of carbonyl (C=O) groups excluding carboxylic acids is 1. The van der Waals surface area contributed by atoms with E-state index in [-0.39, 0.29) is 36.9 Å². The van der Waals surface area contributed by atoms with Gasteiger partial charge in [-0.05, 0) is 62.3 Å². The highest BCUT2D eigenvalue weighted by atomic mass is 32.2. The van der Waals surface area contributed by atoms with Crippen molar-refractivity contribution >= 4 is 15.9 Å². The molecule has 2 aromatic rings. The van der Waals surface area contributed by atoms with E-state index in [1.807, 2.05) is 0 Å². The number of amides is 1. The van der Waals surface area contributed by atoms with E-state index in [1.165, 1.54) is 36.1 Å². The van der Waals surface area contributed by atoms with Crippen molar-refractivity contribution in [2.45, 2.75) is 63.6 Å². The second-order valence-corrected chi connectivity index (χ2v) is 11.9. The first-order valence-corrected chi connectivity index (χ1v) is 13.7. The lowest BCUT2D eigenvalue weighted by molar-refractivity contribution is -0.156. The average molecular weight is 525 g/mol. The van der Waals surface area contributed by atoms with E-state index in [0.717, 1.165) is 0 Å². The third-order valence-electron chi connectivity index (χ3n) is 7.61. The maximum Gasteiger partial charge on any atom is 0.254 e. The van der Waals surface area contributed by atoms with Crippen molar-refractivity contribution in [3.63, 3.8) is 0 Å². The normalized spacial score (nSPS) is 22.9. The monoisotopic (exact) mass is 524 g/mol. The number of aliphatic hydroxyl groups is 1. The largest absolute Gasteiger partial charge is 0.380 e. The smallest absolute Gasteiger partial charge is 0.254 e. The fourth-order valence-electron chi connectivity index (χ4n) is 5.08. The standard InChI is InChI=1S/C26H31F3N2O4S/c1-3-25(2,33)24(32)31-15-26(10-11-26)22(30-36(34,35)16-27)14-20(31)13-18-7-5-9-21(23(18)29)17-6-4-8-19(28)12-17/h4-9,12,20,22,30,33H,3,10-11,13-16H2,1-2H3/t20-,22+,25+/m0/s1. The molecule has 196 valence electrons. The number of halogens is 3. The molecule has 1 saturated carbocycles. The van der Waals surface area contributed by atoms with Crippen LogP contribution in [-0.4, -0.2) is 54.6 Å². The summed E-state index contributed by atoms with van der Waals surface area (Å²) in [5, 5.41) is 10.7. The highest BCUT2D eigenvalue weighted by molar-refractivity contribution is 7.89. The summed E-state index contributed by atoms with van der Waals surface area (Å²) in [6.07, 6.45) is 1.67. The maximum absolute atomic E-state index is 15.6. The molecule has 3 atom stereocenters. The summed E-state index contributed by atoms with van der Waals surface area (Å²) < 4.78 is 69.0. The second-order valence-electron chi connectivity index (χ2n) is 10.2. The van der Waals surface area contributed by atoms with Crippen LogP contribution in [0.4, 0.5) is 13.2 Å². The van der Waals surface area contributed by atoms with Crippen LogP contribution in [-0.2, 0) is 21.2 Å². The molecule has 6 nitrogen and oxygen atoms in total. The summed E-state index contributed by atoms with van der Waals surface area (Å²) >= 11 is 0. The molecule has 1 spiro atoms. The number of rotatable bonds is 8. The fraction of sp³-hybridized carbons (Fsp3) is 0.500. The van der Waals surface area contributed by atoms with Crippen molar-refractivity contribution in [1.82, 2.24) is 9.62 Å². The summed E-state index contributed by atoms with van der Waals surface area (Å²) in [6.45, 7) is 3.29. The zero-order chi connectivity index (χ0) is 26.3. The summed E-state index contributed by atoms with van der Waals surface area (Å²) in [4.78, 5) is 14.9. The van der Waals surface area contributed by atoms with Crippen molar-refractivity contribution < 1.29 is 31.5 Å². The molecule has 0 aromatic heterocycles. The van der Waals surface area contributed by atoms with Crippen molar-refractivity contribution in [2.75, 3.05) is 12.6 Å². The van der Waals surface area contributed by atoms with Crippen LogP contribution in [0.1, 0.15) is 45.1 Å². The van der Waals surface area contributed by atoms with E-state index >= 15 is 4.39 Å². The molecule has 0 unspecified atom stereocenters. The first-order valence-electron chi connectivity index (χ1n) is 12.0. The summed E-state index contributed by atoms with van der Waals surface area (Å²) in [7, 11) is -4.15. The fourth-order valence-corrected chi connectivity index (χ4v) is 5.92. The van der Waals surface area contributed by atoms with Gasteiger partial charge in [0.2, 0.25) is 16.0 Å². The number of nitrogens with zero attached hydrogens (tertiary/aromatic N) is 1. The Morgan fingerprint density at radius 1 is 1.22 bits per heavy atom. The molecule has 1 aliphatic heterocycles. The molecule has 0 bridgehead atoms. The number of hydrogen-bond donors (Lipinski definition) is 2. The topological polar surface area (TPSA) is 86.7 Å². The van der Waals surface area contributed by atoms with Crippen LogP contribution in [0, 0.1) is 17.0 Å². The summed E-state index contributed by atoms with van der Waals surface area (Å²) in [5.41, 5.74) is -1.34. The van der Waals surface area contributed by atoms with Crippen molar-refractivity contribution in [1.29, 1.82) is 0 Å². The molecule has 2 aliphatic rings. The van der Waals surface area contributed by atoms with Gasteiger partial charge in [0.25, 0.3) is 5.91 Å². The number of nitrogens with one attached hydrogen (secondary N) is 1. The Morgan fingerprint density at radius 2 is 1.92 bits per heavy atom. The number of benzene rings is 2. The van der Waals surface area contributed by atoms with Gasteiger partial charge < -0.3 is 10.0 Å².